The maximum absolute atomic E-state index is 14.1. The highest BCUT2D eigenvalue weighted by Crippen LogP contribution is 2.37. The minimum atomic E-state index is -0.824. The van der Waals surface area contributed by atoms with Crippen LogP contribution in [0.15, 0.2) is 53.3 Å². The van der Waals surface area contributed by atoms with Crippen LogP contribution in [0.5, 0.6) is 5.75 Å². The van der Waals surface area contributed by atoms with Gasteiger partial charge < -0.3 is 10.1 Å². The average Bonchev–Trinajstić information content (AvgIpc) is 2.76. The van der Waals surface area contributed by atoms with E-state index in [1.54, 1.807) is 31.2 Å². The summed E-state index contributed by atoms with van der Waals surface area (Å²) in [6.45, 7) is 2.27. The first-order valence-corrected chi connectivity index (χ1v) is 10.0. The normalized spacial score (nSPS) is 11.3. The predicted molar refractivity (Wildman–Crippen MR) is 114 cm³/mol. The van der Waals surface area contributed by atoms with E-state index in [0.717, 1.165) is 0 Å². The quantitative estimate of drug-likeness (QED) is 0.459. The minimum Gasteiger partial charge on any atom is -0.495 e. The van der Waals surface area contributed by atoms with Crippen LogP contribution in [0.3, 0.4) is 0 Å². The van der Waals surface area contributed by atoms with E-state index in [2.05, 4.69) is 36.4 Å². The molecule has 3 rings (SSSR count). The zero-order chi connectivity index (χ0) is 21.9. The summed E-state index contributed by atoms with van der Waals surface area (Å²) in [6.07, 6.45) is 2.78. The second kappa shape index (κ2) is 12.1. The molecule has 160 valence electrons. The Balaban J connectivity index is 0.000000386. The lowest BCUT2D eigenvalue weighted by atomic mass is 10.1. The molecule has 2 aromatic heterocycles. The Morgan fingerprint density at radius 2 is 1.93 bits per heavy atom. The summed E-state index contributed by atoms with van der Waals surface area (Å²) in [7, 11) is 1.47. The van der Waals surface area contributed by atoms with Gasteiger partial charge in [0.1, 0.15) is 29.4 Å². The molecule has 1 N–H and O–H groups in total. The van der Waals surface area contributed by atoms with Crippen LogP contribution < -0.4 is 10.1 Å². The van der Waals surface area contributed by atoms with Crippen molar-refractivity contribution in [2.45, 2.75) is 25.9 Å². The molecule has 0 bridgehead atoms. The monoisotopic (exact) mass is 482 g/mol. The first-order chi connectivity index (χ1) is 14.5. The predicted octanol–water partition coefficient (Wildman–Crippen LogP) is 5.82. The first kappa shape index (κ1) is 23.6. The Hall–Kier alpha value is -2.68. The van der Waals surface area contributed by atoms with Crippen molar-refractivity contribution in [3.63, 3.8) is 0 Å². The molecule has 1 atom stereocenters. The number of alkyl halides is 1. The van der Waals surface area contributed by atoms with Crippen molar-refractivity contribution in [3.8, 4) is 17.0 Å². The molecule has 9 heteroatoms. The summed E-state index contributed by atoms with van der Waals surface area (Å²) in [4.78, 5) is 3.51. The molecule has 5 nitrogen and oxygen atoms in total. The molecule has 2 heterocycles. The van der Waals surface area contributed by atoms with E-state index >= 15 is 0 Å². The highest BCUT2D eigenvalue weighted by atomic mass is 79.9. The number of pyridine rings is 1. The van der Waals surface area contributed by atoms with Crippen molar-refractivity contribution in [2.75, 3.05) is 19.0 Å². The van der Waals surface area contributed by atoms with Crippen molar-refractivity contribution >= 4 is 21.7 Å². The molecule has 0 aliphatic rings. The fourth-order valence-corrected chi connectivity index (χ4v) is 2.93. The summed E-state index contributed by atoms with van der Waals surface area (Å²) < 4.78 is 45.0. The summed E-state index contributed by atoms with van der Waals surface area (Å²) in [5.74, 6) is 0.153. The Morgan fingerprint density at radius 3 is 2.47 bits per heavy atom. The minimum absolute atomic E-state index is 0.246. The summed E-state index contributed by atoms with van der Waals surface area (Å²) in [6, 6.07) is 9.14. The van der Waals surface area contributed by atoms with E-state index in [-0.39, 0.29) is 11.4 Å². The second-order valence-corrected chi connectivity index (χ2v) is 6.99. The molecular formula is C21H22BrF3N4O. The Labute approximate surface area is 181 Å². The lowest BCUT2D eigenvalue weighted by Gasteiger charge is -2.11. The van der Waals surface area contributed by atoms with Crippen molar-refractivity contribution in [3.05, 3.63) is 64.9 Å². The summed E-state index contributed by atoms with van der Waals surface area (Å²) in [5, 5.41) is 11.0. The fraction of sp³-hybridized carbons (Fsp3) is 0.286. The Bertz CT molecular complexity index is 914. The summed E-state index contributed by atoms with van der Waals surface area (Å²) in [5.41, 5.74) is 0.610. The van der Waals surface area contributed by atoms with Gasteiger partial charge in [0, 0.05) is 12.7 Å². The van der Waals surface area contributed by atoms with Gasteiger partial charge in [0.2, 0.25) is 0 Å². The lowest BCUT2D eigenvalue weighted by Crippen LogP contribution is -2.10. The van der Waals surface area contributed by atoms with Crippen molar-refractivity contribution in [1.82, 2.24) is 15.2 Å². The van der Waals surface area contributed by atoms with E-state index in [4.69, 9.17) is 4.74 Å². The molecule has 0 saturated carbocycles. The smallest absolute Gasteiger partial charge is 0.148 e. The van der Waals surface area contributed by atoms with Crippen LogP contribution in [-0.4, -0.2) is 35.0 Å². The van der Waals surface area contributed by atoms with Gasteiger partial charge in [0.25, 0.3) is 0 Å². The van der Waals surface area contributed by atoms with E-state index < -0.39 is 12.0 Å². The zero-order valence-electron chi connectivity index (χ0n) is 16.6. The van der Waals surface area contributed by atoms with Gasteiger partial charge in [0.15, 0.2) is 0 Å². The number of hydrogen-bond donors (Lipinski definition) is 1. The number of rotatable bonds is 7. The molecule has 0 spiro atoms. The van der Waals surface area contributed by atoms with Crippen LogP contribution in [-0.2, 0) is 0 Å². The molecule has 0 fully saturated rings. The number of nitrogens with zero attached hydrogens (tertiary/aromatic N) is 3. The van der Waals surface area contributed by atoms with Crippen molar-refractivity contribution in [1.29, 1.82) is 0 Å². The van der Waals surface area contributed by atoms with Crippen molar-refractivity contribution in [2.24, 2.45) is 0 Å². The topological polar surface area (TPSA) is 59.9 Å². The number of anilines is 1. The molecular weight excluding hydrogens is 461 g/mol. The number of aromatic nitrogens is 3. The molecule has 0 radical (unpaired) electrons. The van der Waals surface area contributed by atoms with Crippen LogP contribution in [0.25, 0.3) is 11.3 Å². The third-order valence-corrected chi connectivity index (χ3v) is 4.64. The van der Waals surface area contributed by atoms with E-state index in [1.165, 1.54) is 31.6 Å². The van der Waals surface area contributed by atoms with Crippen LogP contribution in [0.2, 0.25) is 0 Å². The van der Waals surface area contributed by atoms with E-state index in [9.17, 15) is 13.2 Å². The van der Waals surface area contributed by atoms with Crippen LogP contribution >= 0.6 is 15.9 Å². The number of ether oxygens (including phenoxy) is 1. The van der Waals surface area contributed by atoms with Gasteiger partial charge in [0.05, 0.1) is 29.0 Å². The second-order valence-electron chi connectivity index (χ2n) is 6.13. The maximum atomic E-state index is 14.1. The highest BCUT2D eigenvalue weighted by molar-refractivity contribution is 9.10. The van der Waals surface area contributed by atoms with Crippen LogP contribution in [0, 0.1) is 11.6 Å². The van der Waals surface area contributed by atoms with Gasteiger partial charge in [-0.25, -0.2) is 13.2 Å². The van der Waals surface area contributed by atoms with Gasteiger partial charge >= 0.3 is 0 Å². The van der Waals surface area contributed by atoms with E-state index in [0.29, 0.717) is 41.1 Å². The SMILES string of the molecule is CCC(F)CCNc1ccc(-c2c(F)ccc(Br)c2OC)nn1.Fc1cccnc1. The molecule has 30 heavy (non-hydrogen) atoms. The van der Waals surface area contributed by atoms with Gasteiger partial charge in [-0.05, 0) is 65.2 Å². The standard InChI is InChI=1S/C16H18BrF2N3O.C5H4FN/c1-3-10(18)8-9-20-14-7-6-13(21-22-14)15-12(19)5-4-11(17)16(15)23-2;6-5-2-1-3-7-4-5/h4-7,10H,3,8-9H2,1-2H3,(H,20,22);1-4H. The Morgan fingerprint density at radius 1 is 1.13 bits per heavy atom. The largest absolute Gasteiger partial charge is 0.495 e. The number of methoxy groups -OCH3 is 1. The van der Waals surface area contributed by atoms with E-state index in [1.807, 2.05) is 0 Å². The first-order valence-electron chi connectivity index (χ1n) is 9.25. The van der Waals surface area contributed by atoms with Gasteiger partial charge in [-0.1, -0.05) is 6.92 Å². The molecule has 0 aliphatic heterocycles. The lowest BCUT2D eigenvalue weighted by molar-refractivity contribution is 0.312. The number of hydrogen-bond acceptors (Lipinski definition) is 5. The number of nitrogens with one attached hydrogen (secondary N) is 1. The third kappa shape index (κ3) is 6.98. The van der Waals surface area contributed by atoms with Gasteiger partial charge in [-0.3, -0.25) is 4.98 Å². The van der Waals surface area contributed by atoms with Gasteiger partial charge in [-0.15, -0.1) is 10.2 Å². The number of benzene rings is 1. The molecule has 1 unspecified atom stereocenters. The van der Waals surface area contributed by atoms with Crippen LogP contribution in [0.4, 0.5) is 19.0 Å². The average molecular weight is 483 g/mol. The molecule has 1 aromatic carbocycles. The third-order valence-electron chi connectivity index (χ3n) is 4.02. The highest BCUT2D eigenvalue weighted by Gasteiger charge is 2.16. The fourth-order valence-electron chi connectivity index (χ4n) is 2.43. The molecule has 0 amide bonds. The maximum Gasteiger partial charge on any atom is 0.148 e. The number of halogens is 4. The zero-order valence-corrected chi connectivity index (χ0v) is 18.2. The van der Waals surface area contributed by atoms with Gasteiger partial charge in [-0.2, -0.15) is 0 Å². The Kier molecular flexibility index (Phi) is 9.53. The molecule has 0 aliphatic carbocycles. The van der Waals surface area contributed by atoms with Crippen LogP contribution in [0.1, 0.15) is 19.8 Å². The molecule has 0 saturated heterocycles. The van der Waals surface area contributed by atoms with Crippen molar-refractivity contribution < 1.29 is 17.9 Å². The molecule has 3 aromatic rings. The summed E-state index contributed by atoms with van der Waals surface area (Å²) >= 11 is 3.32.